The van der Waals surface area contributed by atoms with Crippen molar-refractivity contribution in [2.75, 3.05) is 6.61 Å². The second-order valence-electron chi connectivity index (χ2n) is 7.37. The van der Waals surface area contributed by atoms with Crippen molar-refractivity contribution in [2.24, 2.45) is 0 Å². The molecule has 35 heavy (non-hydrogen) atoms. The zero-order chi connectivity index (χ0) is 24.9. The Balaban J connectivity index is 1.55. The SMILES string of the molecule is CCOc1cc(/C=C2\SC(=O)N(Cc3ccccc3Br)C2=O)ccc1OC(=O)c1ccccc1I. The van der Waals surface area contributed by atoms with E-state index in [1.54, 1.807) is 36.4 Å². The van der Waals surface area contributed by atoms with Crippen LogP contribution in [0.15, 0.2) is 76.1 Å². The summed E-state index contributed by atoms with van der Waals surface area (Å²) in [6, 6.07) is 19.6. The second kappa shape index (κ2) is 11.4. The molecule has 3 aromatic carbocycles. The van der Waals surface area contributed by atoms with Gasteiger partial charge in [-0.15, -0.1) is 0 Å². The Morgan fingerprint density at radius 3 is 2.54 bits per heavy atom. The van der Waals surface area contributed by atoms with Gasteiger partial charge in [0.15, 0.2) is 11.5 Å². The van der Waals surface area contributed by atoms with Gasteiger partial charge in [0, 0.05) is 8.04 Å². The number of halogens is 2. The van der Waals surface area contributed by atoms with Gasteiger partial charge in [0.25, 0.3) is 11.1 Å². The summed E-state index contributed by atoms with van der Waals surface area (Å²) in [4.78, 5) is 39.7. The number of thioether (sulfide) groups is 1. The van der Waals surface area contributed by atoms with E-state index < -0.39 is 5.97 Å². The van der Waals surface area contributed by atoms with Crippen molar-refractivity contribution in [1.82, 2.24) is 4.90 Å². The van der Waals surface area contributed by atoms with Crippen LogP contribution in [-0.4, -0.2) is 28.6 Å². The van der Waals surface area contributed by atoms with Crippen LogP contribution in [-0.2, 0) is 11.3 Å². The topological polar surface area (TPSA) is 72.9 Å². The van der Waals surface area contributed by atoms with Crippen LogP contribution in [0.25, 0.3) is 6.08 Å². The molecule has 1 aliphatic heterocycles. The summed E-state index contributed by atoms with van der Waals surface area (Å²) < 4.78 is 12.9. The normalized spacial score (nSPS) is 14.5. The Hall–Kier alpha value is -2.63. The molecule has 1 aliphatic rings. The van der Waals surface area contributed by atoms with E-state index in [2.05, 4.69) is 38.5 Å². The highest BCUT2D eigenvalue weighted by Gasteiger charge is 2.35. The fourth-order valence-electron chi connectivity index (χ4n) is 3.33. The molecule has 0 radical (unpaired) electrons. The van der Waals surface area contributed by atoms with Crippen LogP contribution in [0.4, 0.5) is 4.79 Å². The Bertz CT molecular complexity index is 1340. The van der Waals surface area contributed by atoms with E-state index in [9.17, 15) is 14.4 Å². The molecule has 0 atom stereocenters. The molecule has 0 unspecified atom stereocenters. The Labute approximate surface area is 228 Å². The van der Waals surface area contributed by atoms with Gasteiger partial charge < -0.3 is 9.47 Å². The molecule has 2 amide bonds. The molecule has 0 aliphatic carbocycles. The molecule has 3 aromatic rings. The second-order valence-corrected chi connectivity index (χ2v) is 10.4. The number of carbonyl (C=O) groups is 3. The fourth-order valence-corrected chi connectivity index (χ4v) is 5.19. The lowest BCUT2D eigenvalue weighted by molar-refractivity contribution is -0.123. The maximum atomic E-state index is 12.9. The van der Waals surface area contributed by atoms with Gasteiger partial charge in [0.2, 0.25) is 0 Å². The van der Waals surface area contributed by atoms with Crippen LogP contribution in [0.5, 0.6) is 11.5 Å². The van der Waals surface area contributed by atoms with Gasteiger partial charge in [0.1, 0.15) is 0 Å². The van der Waals surface area contributed by atoms with Crippen LogP contribution in [0.3, 0.4) is 0 Å². The van der Waals surface area contributed by atoms with Gasteiger partial charge >= 0.3 is 5.97 Å². The van der Waals surface area contributed by atoms with E-state index in [-0.39, 0.29) is 23.4 Å². The molecule has 0 saturated carbocycles. The molecular weight excluding hydrogens is 645 g/mol. The van der Waals surface area contributed by atoms with Gasteiger partial charge in [-0.2, -0.15) is 0 Å². The molecule has 1 saturated heterocycles. The quantitative estimate of drug-likeness (QED) is 0.118. The summed E-state index contributed by atoms with van der Waals surface area (Å²) in [6.45, 7) is 2.37. The maximum Gasteiger partial charge on any atom is 0.344 e. The van der Waals surface area contributed by atoms with Crippen LogP contribution in [0.2, 0.25) is 0 Å². The molecule has 178 valence electrons. The highest BCUT2D eigenvalue weighted by molar-refractivity contribution is 14.1. The zero-order valence-electron chi connectivity index (χ0n) is 18.5. The van der Waals surface area contributed by atoms with Gasteiger partial charge in [-0.25, -0.2) is 4.79 Å². The smallest absolute Gasteiger partial charge is 0.344 e. The molecule has 9 heteroatoms. The third-order valence-electron chi connectivity index (χ3n) is 5.02. The first-order valence-electron chi connectivity index (χ1n) is 10.6. The van der Waals surface area contributed by atoms with E-state index in [1.807, 2.05) is 43.3 Å². The monoisotopic (exact) mass is 663 g/mol. The van der Waals surface area contributed by atoms with Crippen molar-refractivity contribution in [3.8, 4) is 11.5 Å². The number of amides is 2. The van der Waals surface area contributed by atoms with Gasteiger partial charge in [-0.1, -0.05) is 52.3 Å². The lowest BCUT2D eigenvalue weighted by Gasteiger charge is -2.13. The first-order chi connectivity index (χ1) is 16.9. The summed E-state index contributed by atoms with van der Waals surface area (Å²) in [5.41, 5.74) is 1.95. The number of esters is 1. The van der Waals surface area contributed by atoms with Gasteiger partial charge in [-0.05, 0) is 88.8 Å². The Morgan fingerprint density at radius 1 is 1.06 bits per heavy atom. The van der Waals surface area contributed by atoms with Gasteiger partial charge in [-0.3, -0.25) is 14.5 Å². The van der Waals surface area contributed by atoms with E-state index in [0.29, 0.717) is 28.4 Å². The number of benzene rings is 3. The van der Waals surface area contributed by atoms with Crippen molar-refractivity contribution < 1.29 is 23.9 Å². The minimum atomic E-state index is -0.489. The number of nitrogens with zero attached hydrogens (tertiary/aromatic N) is 1. The Kier molecular flexibility index (Phi) is 8.30. The predicted octanol–water partition coefficient (Wildman–Crippen LogP) is 6.91. The number of carbonyl (C=O) groups excluding carboxylic acids is 3. The van der Waals surface area contributed by atoms with Crippen LogP contribution in [0.1, 0.15) is 28.4 Å². The Morgan fingerprint density at radius 2 is 1.80 bits per heavy atom. The molecular formula is C26H19BrINO5S. The summed E-state index contributed by atoms with van der Waals surface area (Å²) in [7, 11) is 0. The van der Waals surface area contributed by atoms with Crippen molar-refractivity contribution in [2.45, 2.75) is 13.5 Å². The predicted molar refractivity (Wildman–Crippen MR) is 147 cm³/mol. The summed E-state index contributed by atoms with van der Waals surface area (Å²) >= 11 is 6.43. The largest absolute Gasteiger partial charge is 0.490 e. The first-order valence-corrected chi connectivity index (χ1v) is 13.3. The number of hydrogen-bond acceptors (Lipinski definition) is 6. The van der Waals surface area contributed by atoms with E-state index in [0.717, 1.165) is 25.4 Å². The first kappa shape index (κ1) is 25.5. The molecule has 1 heterocycles. The number of rotatable bonds is 7. The van der Waals surface area contributed by atoms with E-state index in [1.165, 1.54) is 4.90 Å². The van der Waals surface area contributed by atoms with Crippen LogP contribution < -0.4 is 9.47 Å². The van der Waals surface area contributed by atoms with Crippen molar-refractivity contribution in [1.29, 1.82) is 0 Å². The third kappa shape index (κ3) is 5.96. The standard InChI is InChI=1S/C26H19BrINO5S/c1-2-33-22-13-16(11-12-21(22)34-25(31)18-8-4-6-10-20(18)28)14-23-24(30)29(26(32)35-23)15-17-7-3-5-9-19(17)27/h3-14H,2,15H2,1H3/b23-14-. The van der Waals surface area contributed by atoms with Crippen LogP contribution in [0, 0.1) is 3.57 Å². The maximum absolute atomic E-state index is 12.9. The minimum absolute atomic E-state index is 0.181. The molecule has 0 N–H and O–H groups in total. The summed E-state index contributed by atoms with van der Waals surface area (Å²) in [6.07, 6.45) is 1.64. The number of ether oxygens (including phenoxy) is 2. The van der Waals surface area contributed by atoms with Crippen molar-refractivity contribution in [3.05, 3.63) is 96.4 Å². The molecule has 0 aromatic heterocycles. The number of imide groups is 1. The minimum Gasteiger partial charge on any atom is -0.490 e. The van der Waals surface area contributed by atoms with E-state index in [4.69, 9.17) is 9.47 Å². The fraction of sp³-hybridized carbons (Fsp3) is 0.115. The lowest BCUT2D eigenvalue weighted by Crippen LogP contribution is -2.27. The van der Waals surface area contributed by atoms with Crippen LogP contribution >= 0.6 is 50.3 Å². The molecule has 0 bridgehead atoms. The third-order valence-corrected chi connectivity index (χ3v) is 7.64. The summed E-state index contributed by atoms with van der Waals surface area (Å²) in [5.74, 6) is -0.205. The molecule has 4 rings (SSSR count). The lowest BCUT2D eigenvalue weighted by atomic mass is 10.1. The van der Waals surface area contributed by atoms with Crippen molar-refractivity contribution >= 4 is 73.5 Å². The highest BCUT2D eigenvalue weighted by Crippen LogP contribution is 2.36. The number of hydrogen-bond donors (Lipinski definition) is 0. The summed E-state index contributed by atoms with van der Waals surface area (Å²) in [5, 5.41) is -0.329. The molecule has 6 nitrogen and oxygen atoms in total. The molecule has 0 spiro atoms. The average molecular weight is 664 g/mol. The molecule has 1 fully saturated rings. The average Bonchev–Trinajstić information content (AvgIpc) is 3.09. The van der Waals surface area contributed by atoms with Crippen molar-refractivity contribution in [3.63, 3.8) is 0 Å². The highest BCUT2D eigenvalue weighted by atomic mass is 127. The van der Waals surface area contributed by atoms with E-state index >= 15 is 0 Å². The zero-order valence-corrected chi connectivity index (χ0v) is 23.1. The van der Waals surface area contributed by atoms with Gasteiger partial charge in [0.05, 0.1) is 23.6 Å².